The van der Waals surface area contributed by atoms with Crippen LogP contribution < -0.4 is 5.56 Å². The second kappa shape index (κ2) is 7.24. The largest absolute Gasteiger partial charge is 0.337 e. The van der Waals surface area contributed by atoms with E-state index in [1.54, 1.807) is 16.2 Å². The minimum absolute atomic E-state index is 0.0608. The molecule has 28 heavy (non-hydrogen) atoms. The maximum atomic E-state index is 13.0. The number of thiophene rings is 1. The van der Waals surface area contributed by atoms with Gasteiger partial charge in [0.15, 0.2) is 0 Å². The first-order valence-electron chi connectivity index (χ1n) is 9.29. The van der Waals surface area contributed by atoms with Gasteiger partial charge in [-0.15, -0.1) is 11.3 Å². The lowest BCUT2D eigenvalue weighted by molar-refractivity contribution is -0.132. The molecule has 144 valence electrons. The van der Waals surface area contributed by atoms with Crippen molar-refractivity contribution in [3.63, 3.8) is 0 Å². The van der Waals surface area contributed by atoms with Crippen LogP contribution in [0.4, 0.5) is 0 Å². The number of rotatable bonds is 5. The van der Waals surface area contributed by atoms with Gasteiger partial charge >= 0.3 is 0 Å². The molecule has 0 unspecified atom stereocenters. The van der Waals surface area contributed by atoms with Gasteiger partial charge in [0, 0.05) is 18.0 Å². The van der Waals surface area contributed by atoms with E-state index in [2.05, 4.69) is 11.2 Å². The third-order valence-electron chi connectivity index (χ3n) is 4.89. The molecule has 3 heterocycles. The van der Waals surface area contributed by atoms with Gasteiger partial charge in [-0.1, -0.05) is 30.3 Å². The van der Waals surface area contributed by atoms with Crippen LogP contribution in [0.5, 0.6) is 0 Å². The molecule has 4 rings (SSSR count). The van der Waals surface area contributed by atoms with Crippen LogP contribution >= 0.6 is 11.3 Å². The number of carbonyl (C=O) groups is 1. The molecule has 0 atom stereocenters. The Morgan fingerprint density at radius 3 is 2.61 bits per heavy atom. The Morgan fingerprint density at radius 2 is 1.89 bits per heavy atom. The van der Waals surface area contributed by atoms with Crippen molar-refractivity contribution in [1.29, 1.82) is 0 Å². The predicted octanol–water partition coefficient (Wildman–Crippen LogP) is 3.38. The minimum atomic E-state index is -0.240. The van der Waals surface area contributed by atoms with E-state index in [1.165, 1.54) is 9.56 Å². The van der Waals surface area contributed by atoms with E-state index in [1.807, 2.05) is 61.6 Å². The lowest BCUT2D eigenvalue weighted by Gasteiger charge is -2.21. The van der Waals surface area contributed by atoms with Crippen LogP contribution in [0.1, 0.15) is 23.2 Å². The zero-order valence-corrected chi connectivity index (χ0v) is 17.0. The average Bonchev–Trinajstić information content (AvgIpc) is 3.20. The van der Waals surface area contributed by atoms with Crippen LogP contribution in [0.3, 0.4) is 0 Å². The third kappa shape index (κ3) is 3.22. The standard InChI is InChI=1S/C21H22N4O2S/c1-4-23(12-16-8-6-5-7-9-16)20(26)13-24-21(27)18-11-19-17(10-14(2)28-19)25(18)15(3)22-24/h5-11H,4,12-13H2,1-3H3. The summed E-state index contributed by atoms with van der Waals surface area (Å²) in [5.41, 5.74) is 2.38. The number of aryl methyl sites for hydroxylation is 2. The first-order chi connectivity index (χ1) is 13.5. The van der Waals surface area contributed by atoms with Gasteiger partial charge in [-0.2, -0.15) is 5.10 Å². The fourth-order valence-corrected chi connectivity index (χ4v) is 4.48. The fraction of sp³-hybridized carbons (Fsp3) is 0.286. The van der Waals surface area contributed by atoms with Crippen LogP contribution in [0, 0.1) is 13.8 Å². The highest BCUT2D eigenvalue weighted by Crippen LogP contribution is 2.27. The molecular weight excluding hydrogens is 372 g/mol. The molecule has 0 aliphatic rings. The maximum absolute atomic E-state index is 13.0. The van der Waals surface area contributed by atoms with Gasteiger partial charge in [-0.05, 0) is 38.5 Å². The summed E-state index contributed by atoms with van der Waals surface area (Å²) in [6.07, 6.45) is 0. The third-order valence-corrected chi connectivity index (χ3v) is 5.88. The number of aromatic nitrogens is 3. The molecule has 0 saturated heterocycles. The molecule has 6 nitrogen and oxygen atoms in total. The summed E-state index contributed by atoms with van der Waals surface area (Å²) in [6.45, 7) is 6.88. The molecule has 0 N–H and O–H groups in total. The summed E-state index contributed by atoms with van der Waals surface area (Å²) < 4.78 is 4.23. The van der Waals surface area contributed by atoms with E-state index in [9.17, 15) is 9.59 Å². The zero-order valence-electron chi connectivity index (χ0n) is 16.2. The van der Waals surface area contributed by atoms with E-state index in [-0.39, 0.29) is 18.0 Å². The SMILES string of the molecule is CCN(Cc1ccccc1)C(=O)Cn1nc(C)n2c(cc3sc(C)cc32)c1=O. The number of nitrogens with zero attached hydrogens (tertiary/aromatic N) is 4. The Kier molecular flexibility index (Phi) is 4.77. The summed E-state index contributed by atoms with van der Waals surface area (Å²) in [6, 6.07) is 13.8. The van der Waals surface area contributed by atoms with E-state index in [0.29, 0.717) is 24.4 Å². The quantitative estimate of drug-likeness (QED) is 0.521. The molecule has 0 fully saturated rings. The Bertz CT molecular complexity index is 1220. The van der Waals surface area contributed by atoms with E-state index in [0.717, 1.165) is 15.8 Å². The van der Waals surface area contributed by atoms with Crippen LogP contribution in [0.25, 0.3) is 15.7 Å². The summed E-state index contributed by atoms with van der Waals surface area (Å²) in [7, 11) is 0. The second-order valence-corrected chi connectivity index (χ2v) is 8.16. The molecule has 0 radical (unpaired) electrons. The maximum Gasteiger partial charge on any atom is 0.291 e. The Balaban J connectivity index is 1.66. The molecule has 0 saturated carbocycles. The summed E-state index contributed by atoms with van der Waals surface area (Å²) >= 11 is 1.65. The van der Waals surface area contributed by atoms with Crippen molar-refractivity contribution < 1.29 is 4.79 Å². The monoisotopic (exact) mass is 394 g/mol. The first-order valence-corrected chi connectivity index (χ1v) is 10.1. The van der Waals surface area contributed by atoms with Gasteiger partial charge < -0.3 is 4.90 Å². The van der Waals surface area contributed by atoms with E-state index < -0.39 is 0 Å². The number of carbonyl (C=O) groups excluding carboxylic acids is 1. The lowest BCUT2D eigenvalue weighted by atomic mass is 10.2. The lowest BCUT2D eigenvalue weighted by Crippen LogP contribution is -2.37. The Labute approximate surface area is 166 Å². The van der Waals surface area contributed by atoms with Crippen LogP contribution in [0.15, 0.2) is 47.3 Å². The van der Waals surface area contributed by atoms with Crippen molar-refractivity contribution in [3.05, 3.63) is 69.1 Å². The van der Waals surface area contributed by atoms with Crippen molar-refractivity contribution in [1.82, 2.24) is 19.1 Å². The number of fused-ring (bicyclic) bond motifs is 3. The van der Waals surface area contributed by atoms with Gasteiger partial charge in [0.25, 0.3) is 5.56 Å². The van der Waals surface area contributed by atoms with Gasteiger partial charge in [0.05, 0.1) is 10.2 Å². The first kappa shape index (κ1) is 18.4. The van der Waals surface area contributed by atoms with Crippen LogP contribution in [0.2, 0.25) is 0 Å². The highest BCUT2D eigenvalue weighted by molar-refractivity contribution is 7.19. The van der Waals surface area contributed by atoms with Crippen molar-refractivity contribution in [2.24, 2.45) is 0 Å². The Morgan fingerprint density at radius 1 is 1.14 bits per heavy atom. The van der Waals surface area contributed by atoms with Crippen molar-refractivity contribution in [2.45, 2.75) is 33.9 Å². The molecule has 0 bridgehead atoms. The number of hydrogen-bond acceptors (Lipinski definition) is 4. The van der Waals surface area contributed by atoms with Crippen molar-refractivity contribution in [2.75, 3.05) is 6.54 Å². The number of benzene rings is 1. The molecular formula is C21H22N4O2S. The molecule has 1 amide bonds. The molecule has 1 aromatic carbocycles. The topological polar surface area (TPSA) is 59.6 Å². The molecule has 4 aromatic rings. The zero-order chi connectivity index (χ0) is 19.8. The molecule has 0 spiro atoms. The van der Waals surface area contributed by atoms with Crippen LogP contribution in [-0.2, 0) is 17.9 Å². The normalized spacial score (nSPS) is 11.4. The van der Waals surface area contributed by atoms with Gasteiger partial charge in [-0.25, -0.2) is 4.68 Å². The van der Waals surface area contributed by atoms with Crippen LogP contribution in [-0.4, -0.2) is 31.5 Å². The van der Waals surface area contributed by atoms with E-state index >= 15 is 0 Å². The van der Waals surface area contributed by atoms with E-state index in [4.69, 9.17) is 0 Å². The number of amides is 1. The summed E-state index contributed by atoms with van der Waals surface area (Å²) in [5, 5.41) is 4.42. The average molecular weight is 395 g/mol. The van der Waals surface area contributed by atoms with Gasteiger partial charge in [0.2, 0.25) is 5.91 Å². The van der Waals surface area contributed by atoms with Gasteiger partial charge in [-0.3, -0.25) is 14.0 Å². The highest BCUT2D eigenvalue weighted by Gasteiger charge is 2.18. The summed E-state index contributed by atoms with van der Waals surface area (Å²) in [4.78, 5) is 28.7. The molecule has 7 heteroatoms. The second-order valence-electron chi connectivity index (χ2n) is 6.88. The highest BCUT2D eigenvalue weighted by atomic mass is 32.1. The number of likely N-dealkylation sites (N-methyl/N-ethyl adjacent to an activating group) is 1. The smallest absolute Gasteiger partial charge is 0.291 e. The van der Waals surface area contributed by atoms with Crippen molar-refractivity contribution in [3.8, 4) is 0 Å². The minimum Gasteiger partial charge on any atom is -0.337 e. The Hall–Kier alpha value is -2.93. The van der Waals surface area contributed by atoms with Gasteiger partial charge in [0.1, 0.15) is 17.9 Å². The molecule has 0 aliphatic heterocycles. The summed E-state index contributed by atoms with van der Waals surface area (Å²) in [5.74, 6) is 0.579. The fourth-order valence-electron chi connectivity index (χ4n) is 3.53. The van der Waals surface area contributed by atoms with Crippen molar-refractivity contribution >= 4 is 33.0 Å². The predicted molar refractivity (Wildman–Crippen MR) is 112 cm³/mol. The molecule has 3 aromatic heterocycles. The number of hydrogen-bond donors (Lipinski definition) is 0. The molecule has 0 aliphatic carbocycles.